The van der Waals surface area contributed by atoms with Crippen LogP contribution >= 0.6 is 0 Å². The summed E-state index contributed by atoms with van der Waals surface area (Å²) in [7, 11) is 0. The number of aryl methyl sites for hydroxylation is 1. The Bertz CT molecular complexity index is 749. The fraction of sp³-hybridized carbons (Fsp3) is 0.409. The largest absolute Gasteiger partial charge is 0.358 e. The maximum atomic E-state index is 13.1. The molecule has 0 saturated carbocycles. The van der Waals surface area contributed by atoms with E-state index in [1.807, 2.05) is 30.5 Å². The van der Waals surface area contributed by atoms with Gasteiger partial charge in [0.05, 0.1) is 0 Å². The molecule has 134 valence electrons. The van der Waals surface area contributed by atoms with Crippen molar-refractivity contribution < 1.29 is 4.39 Å². The summed E-state index contributed by atoms with van der Waals surface area (Å²) in [6, 6.07) is 12.9. The van der Waals surface area contributed by atoms with Crippen LogP contribution in [0.2, 0.25) is 0 Å². The first kappa shape index (κ1) is 19.2. The molecule has 3 aromatic rings. The lowest BCUT2D eigenvalue weighted by molar-refractivity contribution is 0.591. The van der Waals surface area contributed by atoms with Crippen molar-refractivity contribution in [2.24, 2.45) is 0 Å². The molecule has 3 heteroatoms. The number of pyridine rings is 1. The van der Waals surface area contributed by atoms with Crippen molar-refractivity contribution in [2.75, 3.05) is 0 Å². The maximum absolute atomic E-state index is 13.1. The molecule has 2 heterocycles. The number of unbranched alkanes of at least 4 members (excludes halogenated alkanes) is 2. The maximum Gasteiger partial charge on any atom is 0.123 e. The van der Waals surface area contributed by atoms with Gasteiger partial charge >= 0.3 is 0 Å². The predicted octanol–water partition coefficient (Wildman–Crippen LogP) is 6.63. The lowest BCUT2D eigenvalue weighted by Gasteiger charge is -2.08. The Balaban J connectivity index is 0.000000236. The average Bonchev–Trinajstić information content (AvgIpc) is 3.06. The molecule has 0 saturated heterocycles. The molecule has 0 aliphatic rings. The van der Waals surface area contributed by atoms with E-state index in [0.29, 0.717) is 5.92 Å². The second-order valence-corrected chi connectivity index (χ2v) is 6.53. The zero-order valence-electron chi connectivity index (χ0n) is 15.6. The van der Waals surface area contributed by atoms with Crippen LogP contribution in [0.15, 0.2) is 48.7 Å². The van der Waals surface area contributed by atoms with Gasteiger partial charge in [-0.2, -0.15) is 0 Å². The monoisotopic (exact) mass is 340 g/mol. The first-order chi connectivity index (χ1) is 12.1. The van der Waals surface area contributed by atoms with Crippen LogP contribution in [0, 0.1) is 5.82 Å². The van der Waals surface area contributed by atoms with E-state index in [4.69, 9.17) is 0 Å². The van der Waals surface area contributed by atoms with Crippen molar-refractivity contribution in [1.82, 2.24) is 9.97 Å². The summed E-state index contributed by atoms with van der Waals surface area (Å²) in [5.74, 6) is 0.360. The third-order valence-corrected chi connectivity index (χ3v) is 4.46. The molecule has 2 nitrogen and oxygen atoms in total. The van der Waals surface area contributed by atoms with Crippen LogP contribution in [-0.2, 0) is 6.42 Å². The minimum Gasteiger partial charge on any atom is -0.358 e. The molecule has 1 N–H and O–H groups in total. The van der Waals surface area contributed by atoms with Crippen LogP contribution in [0.25, 0.3) is 10.9 Å². The second kappa shape index (κ2) is 9.97. The highest BCUT2D eigenvalue weighted by Gasteiger charge is 2.09. The Hall–Kier alpha value is -2.16. The highest BCUT2D eigenvalue weighted by Crippen LogP contribution is 2.25. The second-order valence-electron chi connectivity index (χ2n) is 6.53. The smallest absolute Gasteiger partial charge is 0.123 e. The first-order valence-electron chi connectivity index (χ1n) is 9.32. The summed E-state index contributed by atoms with van der Waals surface area (Å²) in [5, 5.41) is 0.974. The number of aromatic amines is 1. The first-order valence-corrected chi connectivity index (χ1v) is 9.32. The number of hydrogen-bond acceptors (Lipinski definition) is 1. The van der Waals surface area contributed by atoms with E-state index in [0.717, 1.165) is 23.0 Å². The molecule has 0 spiro atoms. The molecule has 3 rings (SSSR count). The van der Waals surface area contributed by atoms with Gasteiger partial charge in [0.2, 0.25) is 0 Å². The van der Waals surface area contributed by atoms with Crippen molar-refractivity contribution in [3.05, 3.63) is 65.9 Å². The summed E-state index contributed by atoms with van der Waals surface area (Å²) in [6.07, 6.45) is 7.86. The van der Waals surface area contributed by atoms with Crippen LogP contribution in [0.1, 0.15) is 63.8 Å². The summed E-state index contributed by atoms with van der Waals surface area (Å²) in [6.45, 7) is 6.55. The lowest BCUT2D eigenvalue weighted by atomic mass is 10.00. The third kappa shape index (κ3) is 6.00. The Morgan fingerprint density at radius 2 is 1.92 bits per heavy atom. The van der Waals surface area contributed by atoms with Crippen molar-refractivity contribution in [1.29, 1.82) is 0 Å². The van der Waals surface area contributed by atoms with Crippen molar-refractivity contribution in [3.63, 3.8) is 0 Å². The summed E-state index contributed by atoms with van der Waals surface area (Å²) < 4.78 is 13.1. The Labute approximate surface area is 150 Å². The van der Waals surface area contributed by atoms with E-state index < -0.39 is 0 Å². The average molecular weight is 340 g/mol. The topological polar surface area (TPSA) is 28.7 Å². The molecule has 0 amide bonds. The summed E-state index contributed by atoms with van der Waals surface area (Å²) in [4.78, 5) is 7.48. The Morgan fingerprint density at radius 3 is 2.56 bits per heavy atom. The van der Waals surface area contributed by atoms with Crippen LogP contribution in [0.5, 0.6) is 0 Å². The fourth-order valence-corrected chi connectivity index (χ4v) is 2.85. The van der Waals surface area contributed by atoms with E-state index in [1.54, 1.807) is 6.07 Å². The van der Waals surface area contributed by atoms with Gasteiger partial charge in [0.1, 0.15) is 5.82 Å². The quantitative estimate of drug-likeness (QED) is 0.501. The highest BCUT2D eigenvalue weighted by atomic mass is 19.1. The zero-order valence-corrected chi connectivity index (χ0v) is 15.6. The number of nitrogens with zero attached hydrogens (tertiary/aromatic N) is 1. The standard InChI is InChI=1S/C15H20FN.C7H9N/c1-3-4-5-6-11(2)15-10-12-9-13(16)7-8-14(12)17-15;1-2-7-5-3-4-6-8-7/h7-11,17H,3-6H2,1-2H3;3-6H,2H2,1H3. The normalized spacial score (nSPS) is 11.8. The van der Waals surface area contributed by atoms with Crippen LogP contribution in [0.4, 0.5) is 4.39 Å². The van der Waals surface area contributed by atoms with Crippen molar-refractivity contribution >= 4 is 10.9 Å². The molecule has 0 fully saturated rings. The number of aromatic nitrogens is 2. The molecule has 0 aliphatic carbocycles. The lowest BCUT2D eigenvalue weighted by Crippen LogP contribution is -1.93. The van der Waals surface area contributed by atoms with Gasteiger partial charge in [-0.3, -0.25) is 4.98 Å². The minimum absolute atomic E-state index is 0.165. The molecule has 0 radical (unpaired) electrons. The van der Waals surface area contributed by atoms with E-state index in [-0.39, 0.29) is 5.82 Å². The summed E-state index contributed by atoms with van der Waals surface area (Å²) >= 11 is 0. The van der Waals surface area contributed by atoms with E-state index in [1.165, 1.54) is 37.4 Å². The van der Waals surface area contributed by atoms with Gasteiger partial charge in [-0.1, -0.05) is 46.1 Å². The number of hydrogen-bond donors (Lipinski definition) is 1. The SMILES string of the molecule is CCCCCC(C)c1cc2cc(F)ccc2[nH]1.CCc1ccccn1. The molecule has 0 bridgehead atoms. The van der Waals surface area contributed by atoms with E-state index >= 15 is 0 Å². The zero-order chi connectivity index (χ0) is 18.1. The summed E-state index contributed by atoms with van der Waals surface area (Å²) in [5.41, 5.74) is 3.41. The van der Waals surface area contributed by atoms with Gasteiger partial charge in [0.15, 0.2) is 0 Å². The third-order valence-electron chi connectivity index (χ3n) is 4.46. The minimum atomic E-state index is -0.165. The van der Waals surface area contributed by atoms with Crippen molar-refractivity contribution in [2.45, 2.75) is 58.8 Å². The van der Waals surface area contributed by atoms with Gasteiger partial charge < -0.3 is 4.98 Å². The van der Waals surface area contributed by atoms with Gasteiger partial charge in [-0.25, -0.2) is 4.39 Å². The number of nitrogens with one attached hydrogen (secondary N) is 1. The van der Waals surface area contributed by atoms with Gasteiger partial charge in [0, 0.05) is 28.5 Å². The molecule has 0 aliphatic heterocycles. The number of halogens is 1. The van der Waals surface area contributed by atoms with E-state index in [2.05, 4.69) is 36.8 Å². The number of H-pyrrole nitrogens is 1. The molecular weight excluding hydrogens is 311 g/mol. The highest BCUT2D eigenvalue weighted by molar-refractivity contribution is 5.80. The predicted molar refractivity (Wildman–Crippen MR) is 104 cm³/mol. The Morgan fingerprint density at radius 1 is 1.08 bits per heavy atom. The van der Waals surface area contributed by atoms with Crippen LogP contribution in [0.3, 0.4) is 0 Å². The molecule has 2 aromatic heterocycles. The molecule has 1 atom stereocenters. The number of rotatable bonds is 6. The van der Waals surface area contributed by atoms with Gasteiger partial charge in [-0.15, -0.1) is 0 Å². The number of benzene rings is 1. The molecule has 1 aromatic carbocycles. The Kier molecular flexibility index (Phi) is 7.65. The molecule has 25 heavy (non-hydrogen) atoms. The van der Waals surface area contributed by atoms with Crippen molar-refractivity contribution in [3.8, 4) is 0 Å². The van der Waals surface area contributed by atoms with Gasteiger partial charge in [0.25, 0.3) is 0 Å². The fourth-order valence-electron chi connectivity index (χ4n) is 2.85. The molecule has 1 unspecified atom stereocenters. The van der Waals surface area contributed by atoms with Gasteiger partial charge in [-0.05, 0) is 55.2 Å². The molecular formula is C22H29FN2. The van der Waals surface area contributed by atoms with Crippen LogP contribution < -0.4 is 0 Å². The number of fused-ring (bicyclic) bond motifs is 1. The van der Waals surface area contributed by atoms with Crippen LogP contribution in [-0.4, -0.2) is 9.97 Å². The van der Waals surface area contributed by atoms with E-state index in [9.17, 15) is 4.39 Å².